The Morgan fingerprint density at radius 3 is 2.23 bits per heavy atom. The van der Waals surface area contributed by atoms with Gasteiger partial charge in [0, 0.05) is 5.39 Å². The van der Waals surface area contributed by atoms with E-state index in [1.165, 1.54) is 4.31 Å². The number of anilines is 2. The number of hydrogen-bond acceptors (Lipinski definition) is 2. The average Bonchev–Trinajstić information content (AvgIpc) is 2.78. The van der Waals surface area contributed by atoms with Gasteiger partial charge in [-0.1, -0.05) is 60.7 Å². The third-order valence-electron chi connectivity index (χ3n) is 5.19. The number of fused-ring (bicyclic) bond motifs is 1. The van der Waals surface area contributed by atoms with E-state index >= 15 is 0 Å². The number of aromatic carboxylic acids is 1. The highest BCUT2D eigenvalue weighted by Gasteiger charge is 2.18. The summed E-state index contributed by atoms with van der Waals surface area (Å²) in [6.07, 6.45) is 1.46. The third-order valence-corrected chi connectivity index (χ3v) is 5.91. The summed E-state index contributed by atoms with van der Waals surface area (Å²) in [7, 11) is 0. The molecule has 0 bridgehead atoms. The van der Waals surface area contributed by atoms with Crippen molar-refractivity contribution in [1.82, 2.24) is 0 Å². The van der Waals surface area contributed by atoms with E-state index < -0.39 is 17.2 Å². The van der Waals surface area contributed by atoms with Gasteiger partial charge in [-0.3, -0.25) is 4.55 Å². The van der Waals surface area contributed by atoms with Crippen molar-refractivity contribution in [1.29, 1.82) is 0 Å². The first-order valence-corrected chi connectivity index (χ1v) is 10.9. The second-order valence-corrected chi connectivity index (χ2v) is 8.02. The van der Waals surface area contributed by atoms with Crippen LogP contribution in [0.2, 0.25) is 0 Å². The van der Waals surface area contributed by atoms with E-state index in [9.17, 15) is 13.6 Å². The van der Waals surface area contributed by atoms with Gasteiger partial charge in [-0.15, -0.1) is 0 Å². The van der Waals surface area contributed by atoms with Crippen LogP contribution < -0.4 is 4.31 Å². The molecule has 4 aromatic carbocycles. The van der Waals surface area contributed by atoms with Crippen LogP contribution in [0.5, 0.6) is 0 Å². The van der Waals surface area contributed by atoms with E-state index in [4.69, 9.17) is 5.11 Å². The van der Waals surface area contributed by atoms with Crippen molar-refractivity contribution in [3.8, 4) is 0 Å². The molecule has 0 saturated heterocycles. The van der Waals surface area contributed by atoms with Crippen LogP contribution >= 0.6 is 0 Å². The minimum absolute atomic E-state index is 0.266. The number of aryl methyl sites for hydroxylation is 2. The van der Waals surface area contributed by atoms with Gasteiger partial charge in [0.15, 0.2) is 0 Å². The first-order chi connectivity index (χ1) is 15.0. The SMILES string of the molecule is O=C(O)c1ccc(CCc2cccc(N(c3cccc4ccccc34)S(=O)O)c2)cc1. The van der Waals surface area contributed by atoms with Gasteiger partial charge in [0.25, 0.3) is 11.3 Å². The van der Waals surface area contributed by atoms with E-state index in [0.29, 0.717) is 11.4 Å². The van der Waals surface area contributed by atoms with Gasteiger partial charge in [-0.25, -0.2) is 13.3 Å². The zero-order chi connectivity index (χ0) is 21.8. The Labute approximate surface area is 183 Å². The molecule has 5 nitrogen and oxygen atoms in total. The fraction of sp³-hybridized carbons (Fsp3) is 0.0800. The molecule has 0 fully saturated rings. The zero-order valence-electron chi connectivity index (χ0n) is 16.6. The van der Waals surface area contributed by atoms with Gasteiger partial charge >= 0.3 is 5.97 Å². The Kier molecular flexibility index (Phi) is 6.11. The lowest BCUT2D eigenvalue weighted by atomic mass is 10.0. The highest BCUT2D eigenvalue weighted by Crippen LogP contribution is 2.33. The standard InChI is InChI=1S/C25H21NO4S/c27-25(28)21-15-13-18(14-16-21)11-12-19-5-3-8-22(17-19)26(31(29)30)24-10-4-7-20-6-1-2-9-23(20)24/h1-10,13-17H,11-12H2,(H,27,28)(H,29,30). The molecule has 1 unspecified atom stereocenters. The maximum absolute atomic E-state index is 12.3. The van der Waals surface area contributed by atoms with Crippen molar-refractivity contribution >= 4 is 39.4 Å². The molecule has 2 N–H and O–H groups in total. The Hall–Kier alpha value is -3.48. The van der Waals surface area contributed by atoms with Crippen LogP contribution in [0.25, 0.3) is 10.8 Å². The van der Waals surface area contributed by atoms with Crippen LogP contribution in [0.1, 0.15) is 21.5 Å². The molecular weight excluding hydrogens is 410 g/mol. The monoisotopic (exact) mass is 431 g/mol. The maximum Gasteiger partial charge on any atom is 0.335 e. The molecule has 0 aromatic heterocycles. The van der Waals surface area contributed by atoms with Crippen LogP contribution in [0.4, 0.5) is 11.4 Å². The van der Waals surface area contributed by atoms with E-state index in [1.807, 2.05) is 78.9 Å². The van der Waals surface area contributed by atoms with Gasteiger partial charge in [0.1, 0.15) is 0 Å². The predicted molar refractivity (Wildman–Crippen MR) is 124 cm³/mol. The van der Waals surface area contributed by atoms with E-state index in [2.05, 4.69) is 0 Å². The van der Waals surface area contributed by atoms with Gasteiger partial charge < -0.3 is 5.11 Å². The second kappa shape index (κ2) is 9.12. The molecule has 4 rings (SSSR count). The fourth-order valence-electron chi connectivity index (χ4n) is 3.64. The fourth-order valence-corrected chi connectivity index (χ4v) is 4.26. The number of hydrogen-bond donors (Lipinski definition) is 2. The van der Waals surface area contributed by atoms with Crippen molar-refractivity contribution in [3.05, 3.63) is 108 Å². The summed E-state index contributed by atoms with van der Waals surface area (Å²) in [6, 6.07) is 27.9. The first kappa shape index (κ1) is 20.8. The van der Waals surface area contributed by atoms with Gasteiger partial charge in [0.05, 0.1) is 16.9 Å². The minimum atomic E-state index is -2.24. The Balaban J connectivity index is 1.61. The van der Waals surface area contributed by atoms with Crippen molar-refractivity contribution in [3.63, 3.8) is 0 Å². The summed E-state index contributed by atoms with van der Waals surface area (Å²) in [5.41, 5.74) is 3.63. The molecule has 0 aliphatic rings. The lowest BCUT2D eigenvalue weighted by Gasteiger charge is -2.22. The third kappa shape index (κ3) is 4.66. The lowest BCUT2D eigenvalue weighted by molar-refractivity contribution is 0.0697. The summed E-state index contributed by atoms with van der Waals surface area (Å²) in [5.74, 6) is -0.940. The normalized spacial score (nSPS) is 11.9. The molecule has 156 valence electrons. The molecule has 1 atom stereocenters. The summed E-state index contributed by atoms with van der Waals surface area (Å²) in [6.45, 7) is 0. The zero-order valence-corrected chi connectivity index (χ0v) is 17.5. The Morgan fingerprint density at radius 1 is 0.806 bits per heavy atom. The molecule has 31 heavy (non-hydrogen) atoms. The van der Waals surface area contributed by atoms with E-state index in [0.717, 1.165) is 34.7 Å². The van der Waals surface area contributed by atoms with Crippen LogP contribution in [-0.2, 0) is 24.1 Å². The predicted octanol–water partition coefficient (Wildman–Crippen LogP) is 5.60. The van der Waals surface area contributed by atoms with Gasteiger partial charge in [0.2, 0.25) is 0 Å². The molecule has 0 heterocycles. The summed E-state index contributed by atoms with van der Waals surface area (Å²) < 4.78 is 23.8. The minimum Gasteiger partial charge on any atom is -0.478 e. The highest BCUT2D eigenvalue weighted by atomic mass is 32.2. The summed E-state index contributed by atoms with van der Waals surface area (Å²) >= 11 is -2.24. The number of carboxylic acids is 1. The molecule has 0 saturated carbocycles. The van der Waals surface area contributed by atoms with Crippen molar-refractivity contribution < 1.29 is 18.7 Å². The molecule has 0 radical (unpaired) electrons. The number of carboxylic acid groups (broad SMARTS) is 1. The Bertz CT molecular complexity index is 1250. The highest BCUT2D eigenvalue weighted by molar-refractivity contribution is 7.81. The van der Waals surface area contributed by atoms with Crippen LogP contribution in [0.15, 0.2) is 91.0 Å². The maximum atomic E-state index is 12.3. The molecule has 0 spiro atoms. The molecule has 0 aliphatic heterocycles. The smallest absolute Gasteiger partial charge is 0.335 e. The van der Waals surface area contributed by atoms with Crippen molar-refractivity contribution in [2.24, 2.45) is 0 Å². The topological polar surface area (TPSA) is 77.8 Å². The van der Waals surface area contributed by atoms with Gasteiger partial charge in [-0.2, -0.15) is 0 Å². The number of nitrogens with zero attached hydrogens (tertiary/aromatic N) is 1. The van der Waals surface area contributed by atoms with E-state index in [-0.39, 0.29) is 5.56 Å². The quantitative estimate of drug-likeness (QED) is 0.374. The largest absolute Gasteiger partial charge is 0.478 e. The van der Waals surface area contributed by atoms with Crippen LogP contribution in [0.3, 0.4) is 0 Å². The first-order valence-electron chi connectivity index (χ1n) is 9.83. The van der Waals surface area contributed by atoms with Crippen LogP contribution in [0, 0.1) is 0 Å². The average molecular weight is 432 g/mol. The van der Waals surface area contributed by atoms with Crippen molar-refractivity contribution in [2.45, 2.75) is 12.8 Å². The molecule has 0 amide bonds. The molecular formula is C25H21NO4S. The Morgan fingerprint density at radius 2 is 1.48 bits per heavy atom. The molecule has 6 heteroatoms. The van der Waals surface area contributed by atoms with Crippen LogP contribution in [-0.4, -0.2) is 19.8 Å². The number of rotatable bonds is 7. The van der Waals surface area contributed by atoms with E-state index in [1.54, 1.807) is 12.1 Å². The summed E-state index contributed by atoms with van der Waals surface area (Å²) in [4.78, 5) is 11.0. The molecule has 4 aromatic rings. The second-order valence-electron chi connectivity index (χ2n) is 7.20. The molecule has 0 aliphatic carbocycles. The van der Waals surface area contributed by atoms with Crippen molar-refractivity contribution in [2.75, 3.05) is 4.31 Å². The number of benzene rings is 4. The lowest BCUT2D eigenvalue weighted by Crippen LogP contribution is -2.19. The number of carbonyl (C=O) groups is 1. The van der Waals surface area contributed by atoms with Gasteiger partial charge in [-0.05, 0) is 59.7 Å². The summed E-state index contributed by atoms with van der Waals surface area (Å²) in [5, 5.41) is 10.9.